The van der Waals surface area contributed by atoms with E-state index < -0.39 is 10.7 Å². The van der Waals surface area contributed by atoms with E-state index >= 15 is 0 Å². The van der Waals surface area contributed by atoms with E-state index in [1.807, 2.05) is 0 Å². The van der Waals surface area contributed by atoms with Gasteiger partial charge in [0, 0.05) is 6.07 Å². The van der Waals surface area contributed by atoms with Crippen molar-refractivity contribution in [3.63, 3.8) is 0 Å². The minimum absolute atomic E-state index is 0.0183. The van der Waals surface area contributed by atoms with Crippen LogP contribution in [0.1, 0.15) is 12.0 Å². The Morgan fingerprint density at radius 2 is 2.27 bits per heavy atom. The van der Waals surface area contributed by atoms with Crippen molar-refractivity contribution >= 4 is 5.69 Å². The van der Waals surface area contributed by atoms with Crippen LogP contribution in [0, 0.1) is 39.1 Å². The standard InChI is InChI=1S/C10H5FN2O2/c11-9-4-5-10(13(14)15)8(7-9)3-1-2-6-12/h4-5,7H,2H2. The highest BCUT2D eigenvalue weighted by Crippen LogP contribution is 2.18. The molecule has 0 saturated heterocycles. The van der Waals surface area contributed by atoms with Gasteiger partial charge in [-0.05, 0) is 12.1 Å². The molecule has 1 rings (SSSR count). The van der Waals surface area contributed by atoms with Crippen molar-refractivity contribution in [2.24, 2.45) is 0 Å². The lowest BCUT2D eigenvalue weighted by atomic mass is 10.2. The van der Waals surface area contributed by atoms with E-state index in [1.54, 1.807) is 6.07 Å². The van der Waals surface area contributed by atoms with Crippen LogP contribution >= 0.6 is 0 Å². The maximum absolute atomic E-state index is 12.8. The van der Waals surface area contributed by atoms with Crippen LogP contribution in [0.3, 0.4) is 0 Å². The van der Waals surface area contributed by atoms with Gasteiger partial charge in [0.2, 0.25) is 0 Å². The number of nitrogens with zero attached hydrogens (tertiary/aromatic N) is 2. The van der Waals surface area contributed by atoms with Crippen molar-refractivity contribution in [2.45, 2.75) is 6.42 Å². The molecule has 0 radical (unpaired) electrons. The van der Waals surface area contributed by atoms with Crippen LogP contribution in [0.4, 0.5) is 10.1 Å². The number of rotatable bonds is 1. The fourth-order valence-corrected chi connectivity index (χ4v) is 0.947. The lowest BCUT2D eigenvalue weighted by Crippen LogP contribution is -1.92. The first-order valence-corrected chi connectivity index (χ1v) is 3.95. The zero-order valence-electron chi connectivity index (χ0n) is 7.53. The van der Waals surface area contributed by atoms with Gasteiger partial charge >= 0.3 is 0 Å². The molecule has 1 aromatic rings. The number of benzene rings is 1. The highest BCUT2D eigenvalue weighted by molar-refractivity contribution is 5.51. The maximum atomic E-state index is 12.8. The number of nitro groups is 1. The number of hydrogen-bond acceptors (Lipinski definition) is 3. The lowest BCUT2D eigenvalue weighted by molar-refractivity contribution is -0.385. The first-order valence-electron chi connectivity index (χ1n) is 3.95. The first-order chi connectivity index (χ1) is 7.15. The summed E-state index contributed by atoms with van der Waals surface area (Å²) in [6.45, 7) is 0. The molecular formula is C10H5FN2O2. The van der Waals surface area contributed by atoms with E-state index in [0.29, 0.717) is 0 Å². The fraction of sp³-hybridized carbons (Fsp3) is 0.100. The Morgan fingerprint density at radius 3 is 2.87 bits per heavy atom. The molecule has 0 unspecified atom stereocenters. The van der Waals surface area contributed by atoms with Gasteiger partial charge < -0.3 is 0 Å². The van der Waals surface area contributed by atoms with Crippen molar-refractivity contribution in [2.75, 3.05) is 0 Å². The molecule has 0 aliphatic rings. The summed E-state index contributed by atoms with van der Waals surface area (Å²) in [6, 6.07) is 4.78. The quantitative estimate of drug-likeness (QED) is 0.399. The summed E-state index contributed by atoms with van der Waals surface area (Å²) >= 11 is 0. The fourth-order valence-electron chi connectivity index (χ4n) is 0.947. The zero-order chi connectivity index (χ0) is 11.3. The van der Waals surface area contributed by atoms with Gasteiger partial charge in [-0.3, -0.25) is 10.1 Å². The summed E-state index contributed by atoms with van der Waals surface area (Å²) in [5.41, 5.74) is -0.280. The second kappa shape index (κ2) is 4.73. The Kier molecular flexibility index (Phi) is 3.37. The van der Waals surface area contributed by atoms with Crippen molar-refractivity contribution in [3.8, 4) is 17.9 Å². The zero-order valence-corrected chi connectivity index (χ0v) is 7.53. The average molecular weight is 204 g/mol. The second-order valence-corrected chi connectivity index (χ2v) is 2.56. The largest absolute Gasteiger partial charge is 0.285 e. The Morgan fingerprint density at radius 1 is 1.53 bits per heavy atom. The van der Waals surface area contributed by atoms with Gasteiger partial charge in [0.25, 0.3) is 5.69 Å². The average Bonchev–Trinajstić information content (AvgIpc) is 2.18. The molecule has 0 aliphatic heterocycles. The third-order valence-electron chi connectivity index (χ3n) is 1.55. The summed E-state index contributed by atoms with van der Waals surface area (Å²) in [5, 5.41) is 18.7. The summed E-state index contributed by atoms with van der Waals surface area (Å²) in [5.74, 6) is 4.18. The van der Waals surface area contributed by atoms with E-state index in [-0.39, 0.29) is 17.7 Å². The van der Waals surface area contributed by atoms with Gasteiger partial charge in [0.15, 0.2) is 0 Å². The second-order valence-electron chi connectivity index (χ2n) is 2.56. The van der Waals surface area contributed by atoms with Crippen LogP contribution < -0.4 is 0 Å². The molecule has 0 spiro atoms. The molecule has 0 N–H and O–H groups in total. The van der Waals surface area contributed by atoms with Crippen molar-refractivity contribution < 1.29 is 9.31 Å². The van der Waals surface area contributed by atoms with Gasteiger partial charge in [-0.2, -0.15) is 5.26 Å². The van der Waals surface area contributed by atoms with E-state index in [0.717, 1.165) is 18.2 Å². The van der Waals surface area contributed by atoms with Gasteiger partial charge in [-0.25, -0.2) is 4.39 Å². The SMILES string of the molecule is N#CCC#Cc1cc(F)ccc1[N+](=O)[O-]. The Hall–Kier alpha value is -2.40. The smallest absolute Gasteiger partial charge is 0.258 e. The van der Waals surface area contributed by atoms with Gasteiger partial charge in [0.05, 0.1) is 17.4 Å². The minimum Gasteiger partial charge on any atom is -0.258 e. The van der Waals surface area contributed by atoms with Crippen molar-refractivity contribution in [1.82, 2.24) is 0 Å². The predicted molar refractivity (Wildman–Crippen MR) is 50.2 cm³/mol. The molecule has 4 nitrogen and oxygen atoms in total. The molecule has 15 heavy (non-hydrogen) atoms. The number of hydrogen-bond donors (Lipinski definition) is 0. The third-order valence-corrected chi connectivity index (χ3v) is 1.55. The molecule has 0 saturated carbocycles. The van der Waals surface area contributed by atoms with Gasteiger partial charge in [-0.1, -0.05) is 11.8 Å². The van der Waals surface area contributed by atoms with Crippen LogP contribution in [-0.2, 0) is 0 Å². The van der Waals surface area contributed by atoms with Crippen molar-refractivity contribution in [3.05, 3.63) is 39.7 Å². The third kappa shape index (κ3) is 2.78. The Balaban J connectivity index is 3.16. The molecule has 0 atom stereocenters. The molecular weight excluding hydrogens is 199 g/mol. The van der Waals surface area contributed by atoms with Crippen LogP contribution in [0.15, 0.2) is 18.2 Å². The number of halogens is 1. The van der Waals surface area contributed by atoms with Crippen LogP contribution in [-0.4, -0.2) is 4.92 Å². The Labute approximate surface area is 85.1 Å². The molecule has 0 aromatic heterocycles. The molecule has 0 aliphatic carbocycles. The predicted octanol–water partition coefficient (Wildman–Crippen LogP) is 2.00. The van der Waals surface area contributed by atoms with Gasteiger partial charge in [-0.15, -0.1) is 0 Å². The van der Waals surface area contributed by atoms with E-state index in [2.05, 4.69) is 11.8 Å². The van der Waals surface area contributed by atoms with Crippen LogP contribution in [0.5, 0.6) is 0 Å². The molecule has 0 bridgehead atoms. The van der Waals surface area contributed by atoms with Crippen LogP contribution in [0.25, 0.3) is 0 Å². The van der Waals surface area contributed by atoms with Gasteiger partial charge in [0.1, 0.15) is 11.4 Å². The highest BCUT2D eigenvalue weighted by Gasteiger charge is 2.11. The normalized spacial score (nSPS) is 8.53. The summed E-state index contributed by atoms with van der Waals surface area (Å²) in [7, 11) is 0. The first kappa shape index (κ1) is 10.7. The van der Waals surface area contributed by atoms with E-state index in [1.165, 1.54) is 0 Å². The summed E-state index contributed by atoms with van der Waals surface area (Å²) in [6.07, 6.45) is -0.0479. The number of nitro benzene ring substituents is 1. The molecule has 0 amide bonds. The van der Waals surface area contributed by atoms with E-state index in [9.17, 15) is 14.5 Å². The number of nitriles is 1. The molecule has 5 heteroatoms. The monoisotopic (exact) mass is 204 g/mol. The molecule has 0 heterocycles. The maximum Gasteiger partial charge on any atom is 0.285 e. The molecule has 74 valence electrons. The molecule has 1 aromatic carbocycles. The Bertz CT molecular complexity index is 494. The highest BCUT2D eigenvalue weighted by atomic mass is 19.1. The summed E-state index contributed by atoms with van der Waals surface area (Å²) < 4.78 is 12.8. The summed E-state index contributed by atoms with van der Waals surface area (Å²) in [4.78, 5) is 9.87. The van der Waals surface area contributed by atoms with Crippen LogP contribution in [0.2, 0.25) is 0 Å². The minimum atomic E-state index is -0.643. The lowest BCUT2D eigenvalue weighted by Gasteiger charge is -1.94. The van der Waals surface area contributed by atoms with E-state index in [4.69, 9.17) is 5.26 Å². The topological polar surface area (TPSA) is 66.9 Å². The molecule has 0 fully saturated rings. The van der Waals surface area contributed by atoms with Crippen molar-refractivity contribution in [1.29, 1.82) is 5.26 Å².